The highest BCUT2D eigenvalue weighted by Gasteiger charge is 2.21. The van der Waals surface area contributed by atoms with E-state index in [4.69, 9.17) is 4.74 Å². The van der Waals surface area contributed by atoms with Crippen LogP contribution in [0.25, 0.3) is 6.08 Å². The van der Waals surface area contributed by atoms with Gasteiger partial charge in [-0.25, -0.2) is 8.78 Å². The molecule has 0 amide bonds. The minimum atomic E-state index is -0.488. The van der Waals surface area contributed by atoms with Crippen LogP contribution >= 0.6 is 0 Å². The molecule has 0 bridgehead atoms. The van der Waals surface area contributed by atoms with Crippen LogP contribution < -0.4 is 4.74 Å². The van der Waals surface area contributed by atoms with E-state index in [0.29, 0.717) is 29.9 Å². The molecule has 0 saturated heterocycles. The number of rotatable bonds is 1. The fraction of sp³-hybridized carbons (Fsp3) is 0.118. The van der Waals surface area contributed by atoms with Crippen LogP contribution in [0.5, 0.6) is 5.75 Å². The first-order chi connectivity index (χ1) is 10.1. The number of Topliss-reactive ketones (excluding diaryl/α,β-unsaturated/α-hetero) is 1. The van der Waals surface area contributed by atoms with Crippen molar-refractivity contribution in [3.05, 3.63) is 70.8 Å². The van der Waals surface area contributed by atoms with Crippen LogP contribution in [-0.4, -0.2) is 12.4 Å². The van der Waals surface area contributed by atoms with Crippen molar-refractivity contribution in [3.8, 4) is 5.75 Å². The second kappa shape index (κ2) is 5.48. The van der Waals surface area contributed by atoms with Gasteiger partial charge >= 0.3 is 0 Å². The standard InChI is InChI=1S/C17H12F2O2/c18-13-3-1-2-11(9-13)8-12-6-7-21-16-5-4-14(19)10-15(16)17(12)20/h1-5,8-10H,6-7H2. The van der Waals surface area contributed by atoms with Gasteiger partial charge in [0, 0.05) is 12.0 Å². The van der Waals surface area contributed by atoms with Gasteiger partial charge in [-0.3, -0.25) is 4.79 Å². The normalized spacial score (nSPS) is 16.3. The lowest BCUT2D eigenvalue weighted by Crippen LogP contribution is -2.02. The molecule has 0 aromatic heterocycles. The molecule has 1 aliphatic rings. The molecule has 0 saturated carbocycles. The van der Waals surface area contributed by atoms with Gasteiger partial charge in [-0.05, 0) is 42.0 Å². The van der Waals surface area contributed by atoms with E-state index < -0.39 is 5.82 Å². The number of carbonyl (C=O) groups excluding carboxylic acids is 1. The molecule has 1 aliphatic heterocycles. The van der Waals surface area contributed by atoms with Crippen LogP contribution in [0.1, 0.15) is 22.3 Å². The topological polar surface area (TPSA) is 26.3 Å². The van der Waals surface area contributed by atoms with Crippen LogP contribution in [0.3, 0.4) is 0 Å². The molecular formula is C17H12F2O2. The second-order valence-corrected chi connectivity index (χ2v) is 4.79. The molecule has 2 aromatic rings. The van der Waals surface area contributed by atoms with Crippen molar-refractivity contribution in [2.24, 2.45) is 0 Å². The number of hydrogen-bond acceptors (Lipinski definition) is 2. The van der Waals surface area contributed by atoms with Crippen LogP contribution in [0.2, 0.25) is 0 Å². The average molecular weight is 286 g/mol. The number of ether oxygens (including phenoxy) is 1. The predicted octanol–water partition coefficient (Wildman–Crippen LogP) is 4.01. The third-order valence-corrected chi connectivity index (χ3v) is 3.30. The van der Waals surface area contributed by atoms with Gasteiger partial charge in [0.1, 0.15) is 17.4 Å². The summed E-state index contributed by atoms with van der Waals surface area (Å²) in [7, 11) is 0. The number of hydrogen-bond donors (Lipinski definition) is 0. The van der Waals surface area contributed by atoms with Gasteiger partial charge in [0.2, 0.25) is 0 Å². The molecule has 2 aromatic carbocycles. The average Bonchev–Trinajstić information content (AvgIpc) is 2.60. The largest absolute Gasteiger partial charge is 0.492 e. The first-order valence-corrected chi connectivity index (χ1v) is 6.57. The SMILES string of the molecule is O=C1C(=Cc2cccc(F)c2)CCOc2ccc(F)cc21. The Hall–Kier alpha value is -2.49. The smallest absolute Gasteiger partial charge is 0.192 e. The Morgan fingerprint density at radius 2 is 1.86 bits per heavy atom. The molecule has 0 N–H and O–H groups in total. The molecule has 1 heterocycles. The lowest BCUT2D eigenvalue weighted by atomic mass is 9.99. The zero-order valence-corrected chi connectivity index (χ0v) is 11.1. The van der Waals surface area contributed by atoms with Gasteiger partial charge in [-0.2, -0.15) is 0 Å². The van der Waals surface area contributed by atoms with Gasteiger partial charge in [-0.15, -0.1) is 0 Å². The number of benzene rings is 2. The molecule has 0 aliphatic carbocycles. The molecule has 0 spiro atoms. The zero-order chi connectivity index (χ0) is 14.8. The van der Waals surface area contributed by atoms with Gasteiger partial charge in [0.05, 0.1) is 12.2 Å². The summed E-state index contributed by atoms with van der Waals surface area (Å²) in [5.41, 5.74) is 1.28. The second-order valence-electron chi connectivity index (χ2n) is 4.79. The third-order valence-electron chi connectivity index (χ3n) is 3.30. The Morgan fingerprint density at radius 3 is 2.67 bits per heavy atom. The summed E-state index contributed by atoms with van der Waals surface area (Å²) < 4.78 is 32.0. The summed E-state index contributed by atoms with van der Waals surface area (Å²) in [4.78, 5) is 12.5. The van der Waals surface area contributed by atoms with E-state index in [0.717, 1.165) is 0 Å². The molecule has 0 radical (unpaired) electrons. The highest BCUT2D eigenvalue weighted by molar-refractivity contribution is 6.13. The van der Waals surface area contributed by atoms with E-state index in [-0.39, 0.29) is 17.2 Å². The lowest BCUT2D eigenvalue weighted by Gasteiger charge is -2.05. The van der Waals surface area contributed by atoms with Crippen molar-refractivity contribution >= 4 is 11.9 Å². The van der Waals surface area contributed by atoms with Gasteiger partial charge in [0.25, 0.3) is 0 Å². The maximum Gasteiger partial charge on any atom is 0.192 e. The maximum absolute atomic E-state index is 13.3. The third kappa shape index (κ3) is 2.84. The molecule has 106 valence electrons. The lowest BCUT2D eigenvalue weighted by molar-refractivity contribution is 0.103. The van der Waals surface area contributed by atoms with E-state index in [1.54, 1.807) is 18.2 Å². The summed E-state index contributed by atoms with van der Waals surface area (Å²) in [6, 6.07) is 9.85. The van der Waals surface area contributed by atoms with Crippen molar-refractivity contribution < 1.29 is 18.3 Å². The van der Waals surface area contributed by atoms with Crippen molar-refractivity contribution in [3.63, 3.8) is 0 Å². The highest BCUT2D eigenvalue weighted by atomic mass is 19.1. The maximum atomic E-state index is 13.3. The molecule has 2 nitrogen and oxygen atoms in total. The van der Waals surface area contributed by atoms with E-state index in [9.17, 15) is 13.6 Å². The highest BCUT2D eigenvalue weighted by Crippen LogP contribution is 2.28. The summed E-state index contributed by atoms with van der Waals surface area (Å²) in [5.74, 6) is -0.763. The molecule has 0 unspecified atom stereocenters. The van der Waals surface area contributed by atoms with Crippen LogP contribution in [0, 0.1) is 11.6 Å². The fourth-order valence-corrected chi connectivity index (χ4v) is 2.30. The molecule has 3 rings (SSSR count). The van der Waals surface area contributed by atoms with E-state index in [2.05, 4.69) is 0 Å². The number of fused-ring (bicyclic) bond motifs is 1. The Balaban J connectivity index is 2.02. The fourth-order valence-electron chi connectivity index (χ4n) is 2.30. The minimum Gasteiger partial charge on any atom is -0.492 e. The summed E-state index contributed by atoms with van der Waals surface area (Å²) in [6.45, 7) is 0.325. The zero-order valence-electron chi connectivity index (χ0n) is 11.1. The quantitative estimate of drug-likeness (QED) is 0.740. The van der Waals surface area contributed by atoms with Crippen molar-refractivity contribution in [1.82, 2.24) is 0 Å². The number of halogens is 2. The predicted molar refractivity (Wildman–Crippen MR) is 75.2 cm³/mol. The monoisotopic (exact) mass is 286 g/mol. The van der Waals surface area contributed by atoms with E-state index >= 15 is 0 Å². The van der Waals surface area contributed by atoms with Crippen molar-refractivity contribution in [2.75, 3.05) is 6.61 Å². The van der Waals surface area contributed by atoms with Crippen LogP contribution in [-0.2, 0) is 0 Å². The Kier molecular flexibility index (Phi) is 3.52. The minimum absolute atomic E-state index is 0.204. The Morgan fingerprint density at radius 1 is 1.05 bits per heavy atom. The summed E-state index contributed by atoms with van der Waals surface area (Å²) >= 11 is 0. The van der Waals surface area contributed by atoms with Crippen molar-refractivity contribution in [1.29, 1.82) is 0 Å². The first-order valence-electron chi connectivity index (χ1n) is 6.57. The van der Waals surface area contributed by atoms with E-state index in [1.165, 1.54) is 30.3 Å². The first kappa shape index (κ1) is 13.5. The van der Waals surface area contributed by atoms with E-state index in [1.807, 2.05) is 0 Å². The summed E-state index contributed by atoms with van der Waals surface area (Å²) in [6.07, 6.45) is 2.01. The molecule has 4 heteroatoms. The molecule has 21 heavy (non-hydrogen) atoms. The Bertz CT molecular complexity index is 735. The van der Waals surface area contributed by atoms with Gasteiger partial charge in [-0.1, -0.05) is 12.1 Å². The van der Waals surface area contributed by atoms with Crippen LogP contribution in [0.4, 0.5) is 8.78 Å². The number of carbonyl (C=O) groups is 1. The van der Waals surface area contributed by atoms with Crippen molar-refractivity contribution in [2.45, 2.75) is 6.42 Å². The van der Waals surface area contributed by atoms with Gasteiger partial charge < -0.3 is 4.74 Å². The Labute approximate surface area is 120 Å². The molecular weight excluding hydrogens is 274 g/mol. The van der Waals surface area contributed by atoms with Crippen LogP contribution in [0.15, 0.2) is 48.0 Å². The van der Waals surface area contributed by atoms with Gasteiger partial charge in [0.15, 0.2) is 5.78 Å². The molecule has 0 fully saturated rings. The summed E-state index contributed by atoms with van der Waals surface area (Å²) in [5, 5.41) is 0. The number of ketones is 1. The molecule has 0 atom stereocenters.